The van der Waals surface area contributed by atoms with E-state index in [-0.39, 0.29) is 17.5 Å². The van der Waals surface area contributed by atoms with Gasteiger partial charge in [-0.15, -0.1) is 0 Å². The number of furan rings is 2. The molecule has 0 radical (unpaired) electrons. The summed E-state index contributed by atoms with van der Waals surface area (Å²) < 4.78 is 19.4. The number of hydrogen-bond donors (Lipinski definition) is 0. The molecule has 13 aromatic carbocycles. The fourth-order valence-corrected chi connectivity index (χ4v) is 17.4. The van der Waals surface area contributed by atoms with Gasteiger partial charge in [-0.25, -0.2) is 0 Å². The van der Waals surface area contributed by atoms with Gasteiger partial charge >= 0.3 is 0 Å². The summed E-state index contributed by atoms with van der Waals surface area (Å²) >= 11 is 0. The highest BCUT2D eigenvalue weighted by Gasteiger charge is 2.43. The summed E-state index contributed by atoms with van der Waals surface area (Å²) in [6, 6.07) is 89.6. The Morgan fingerprint density at radius 3 is 1.46 bits per heavy atom. The average Bonchev–Trinajstić information content (AvgIpc) is 1.53. The Hall–Kier alpha value is -11.8. The molecule has 19 aromatic rings. The lowest BCUT2D eigenvalue weighted by Gasteiger charge is -2.35. The van der Waals surface area contributed by atoms with E-state index in [0.29, 0.717) is 0 Å². The second-order valence-corrected chi connectivity index (χ2v) is 29.1. The quantitative estimate of drug-likeness (QED) is 0.127. The first-order valence-corrected chi connectivity index (χ1v) is 33.9. The molecule has 0 fully saturated rings. The second-order valence-electron chi connectivity index (χ2n) is 29.1. The number of hydrogen-bond acceptors (Lipinski definition) is 4. The van der Waals surface area contributed by atoms with Gasteiger partial charge in [-0.1, -0.05) is 224 Å². The maximum Gasteiger partial charge on any atom is 0.252 e. The van der Waals surface area contributed by atoms with Gasteiger partial charge in [0.1, 0.15) is 22.3 Å². The highest BCUT2D eigenvalue weighted by molar-refractivity contribution is 7.00. The molecular formula is C90H61BN4O2. The molecule has 0 bridgehead atoms. The van der Waals surface area contributed by atoms with Crippen molar-refractivity contribution in [2.75, 3.05) is 0 Å². The molecule has 2 aliphatic rings. The van der Waals surface area contributed by atoms with Crippen LogP contribution in [0.1, 0.15) is 52.7 Å². The van der Waals surface area contributed by atoms with Crippen molar-refractivity contribution >= 4 is 143 Å². The Balaban J connectivity index is 0.981. The minimum atomic E-state index is -0.194. The summed E-state index contributed by atoms with van der Waals surface area (Å²) in [6.45, 7) is 14.0. The van der Waals surface area contributed by atoms with Gasteiger partial charge in [0.15, 0.2) is 0 Å². The van der Waals surface area contributed by atoms with E-state index in [9.17, 15) is 0 Å². The fourth-order valence-electron chi connectivity index (χ4n) is 17.4. The SMILES string of the molecule is CC(C)(C)c1ccc2c(c1)c1cc(C(C)(C)C)cc3c1n2-c1cc(-c2c(-c4cccc5c4oc4ccncc45)cccc2-c2cccc4c2oc2ccncc24)cc2c1B3c1cc(-c3ccccc3-c3ccccc3)cc3c4c5c6ccccc6c6ccccc6c5ccc4n-2c13. The van der Waals surface area contributed by atoms with Crippen molar-refractivity contribution in [3.8, 4) is 67.0 Å². The summed E-state index contributed by atoms with van der Waals surface area (Å²) in [5.74, 6) is 0. The highest BCUT2D eigenvalue weighted by atomic mass is 16.3. The molecule has 0 saturated heterocycles. The zero-order chi connectivity index (χ0) is 64.5. The monoisotopic (exact) mass is 1240 g/mol. The van der Waals surface area contributed by atoms with E-state index in [1.807, 2.05) is 36.9 Å². The molecule has 2 aliphatic heterocycles. The Morgan fingerprint density at radius 1 is 0.330 bits per heavy atom. The van der Waals surface area contributed by atoms with Crippen molar-refractivity contribution in [3.05, 3.63) is 273 Å². The molecule has 0 spiro atoms. The number of rotatable bonds is 5. The van der Waals surface area contributed by atoms with Gasteiger partial charge in [-0.05, 0) is 164 Å². The molecule has 97 heavy (non-hydrogen) atoms. The van der Waals surface area contributed by atoms with Gasteiger partial charge < -0.3 is 18.0 Å². The third-order valence-electron chi connectivity index (χ3n) is 21.8. The van der Waals surface area contributed by atoms with Crippen LogP contribution >= 0.6 is 0 Å². The van der Waals surface area contributed by atoms with Crippen LogP contribution < -0.4 is 16.4 Å². The van der Waals surface area contributed by atoms with Crippen LogP contribution in [0.5, 0.6) is 0 Å². The molecule has 6 nitrogen and oxygen atoms in total. The third-order valence-corrected chi connectivity index (χ3v) is 21.8. The van der Waals surface area contributed by atoms with Crippen molar-refractivity contribution in [1.29, 1.82) is 0 Å². The van der Waals surface area contributed by atoms with E-state index in [4.69, 9.17) is 8.83 Å². The summed E-state index contributed by atoms with van der Waals surface area (Å²) in [6.07, 6.45) is 7.49. The van der Waals surface area contributed by atoms with Gasteiger partial charge in [0, 0.05) is 107 Å². The molecule has 0 atom stereocenters. The molecule has 6 aromatic heterocycles. The Morgan fingerprint density at radius 2 is 0.825 bits per heavy atom. The van der Waals surface area contributed by atoms with Crippen molar-refractivity contribution in [3.63, 3.8) is 0 Å². The number of para-hydroxylation sites is 2. The predicted octanol–water partition coefficient (Wildman–Crippen LogP) is 22.0. The van der Waals surface area contributed by atoms with Gasteiger partial charge in [0.25, 0.3) is 6.71 Å². The minimum Gasteiger partial charge on any atom is -0.455 e. The number of pyridine rings is 2. The molecular weight excluding hydrogens is 1180 g/mol. The van der Waals surface area contributed by atoms with Crippen LogP contribution in [0.3, 0.4) is 0 Å². The lowest BCUT2D eigenvalue weighted by molar-refractivity contribution is 0.590. The average molecular weight is 1240 g/mol. The predicted molar refractivity (Wildman–Crippen MR) is 407 cm³/mol. The van der Waals surface area contributed by atoms with Crippen LogP contribution in [0, 0.1) is 0 Å². The molecule has 0 aliphatic carbocycles. The Kier molecular flexibility index (Phi) is 10.9. The second kappa shape index (κ2) is 19.4. The van der Waals surface area contributed by atoms with E-state index in [1.165, 1.54) is 120 Å². The fraction of sp³-hybridized carbons (Fsp3) is 0.0889. The van der Waals surface area contributed by atoms with Gasteiger partial charge in [0.05, 0.1) is 11.0 Å². The van der Waals surface area contributed by atoms with Crippen LogP contribution in [-0.4, -0.2) is 25.8 Å². The normalized spacial score (nSPS) is 13.0. The van der Waals surface area contributed by atoms with Gasteiger partial charge in [-0.2, -0.15) is 0 Å². The first kappa shape index (κ1) is 54.6. The zero-order valence-electron chi connectivity index (χ0n) is 54.5. The van der Waals surface area contributed by atoms with Crippen LogP contribution in [0.25, 0.3) is 187 Å². The largest absolute Gasteiger partial charge is 0.455 e. The standard InChI is InChI=1S/C90H61BN4O2/c1-89(2,3)53-33-35-75-68(45-53)69-46-54(90(4,5)6)47-74-85(69)94(75)77-43-52(81-61(64-29-17-31-66-71-48-92-39-37-79(71)96-87(64)66)27-16-28-62(81)65-30-18-32-67-72-49-93-40-38-80(72)97-88(65)67)44-78-84(77)91(74)73-42-51(56-22-11-10-21-55(56)50-19-8-7-9-20-50)41-70-83-76(95(78)86(70)73)36-34-63-59-25-13-12-23-57(59)58-24-14-15-26-60(58)82(63)83/h7-49H,1-6H3. The number of aromatic nitrogens is 4. The molecule has 0 amide bonds. The first-order chi connectivity index (χ1) is 47.4. The molecule has 456 valence electrons. The van der Waals surface area contributed by atoms with Crippen molar-refractivity contribution in [2.45, 2.75) is 52.4 Å². The van der Waals surface area contributed by atoms with Crippen molar-refractivity contribution in [1.82, 2.24) is 19.1 Å². The lowest BCUT2D eigenvalue weighted by Crippen LogP contribution is -2.59. The molecule has 21 rings (SSSR count). The smallest absolute Gasteiger partial charge is 0.252 e. The molecule has 0 saturated carbocycles. The molecule has 0 unspecified atom stereocenters. The molecule has 0 N–H and O–H groups in total. The maximum absolute atomic E-state index is 7.03. The van der Waals surface area contributed by atoms with Crippen LogP contribution in [0.2, 0.25) is 0 Å². The number of nitrogens with zero attached hydrogens (tertiary/aromatic N) is 4. The number of fused-ring (bicyclic) bond motifs is 23. The zero-order valence-corrected chi connectivity index (χ0v) is 54.5. The summed E-state index contributed by atoms with van der Waals surface area (Å²) in [4.78, 5) is 9.22. The minimum absolute atomic E-state index is 0.0933. The van der Waals surface area contributed by atoms with Crippen LogP contribution in [-0.2, 0) is 10.8 Å². The topological polar surface area (TPSA) is 61.9 Å². The molecule has 7 heteroatoms. The Labute approximate surface area is 559 Å². The van der Waals surface area contributed by atoms with E-state index in [0.717, 1.165) is 94.1 Å². The first-order valence-electron chi connectivity index (χ1n) is 33.9. The summed E-state index contributed by atoms with van der Waals surface area (Å²) in [5.41, 5.74) is 27.6. The van der Waals surface area contributed by atoms with Crippen molar-refractivity contribution < 1.29 is 8.83 Å². The van der Waals surface area contributed by atoms with Crippen LogP contribution in [0.4, 0.5) is 0 Å². The van der Waals surface area contributed by atoms with E-state index in [1.54, 1.807) is 0 Å². The van der Waals surface area contributed by atoms with E-state index < -0.39 is 0 Å². The van der Waals surface area contributed by atoms with Crippen LogP contribution in [0.15, 0.2) is 270 Å². The van der Waals surface area contributed by atoms with Crippen molar-refractivity contribution in [2.24, 2.45) is 0 Å². The summed E-state index contributed by atoms with van der Waals surface area (Å²) in [5, 5.41) is 16.5. The molecule has 8 heterocycles. The lowest BCUT2D eigenvalue weighted by atomic mass is 9.34. The highest BCUT2D eigenvalue weighted by Crippen LogP contribution is 2.52. The summed E-state index contributed by atoms with van der Waals surface area (Å²) in [7, 11) is 0. The maximum atomic E-state index is 7.03. The van der Waals surface area contributed by atoms with E-state index in [2.05, 4.69) is 285 Å². The van der Waals surface area contributed by atoms with Gasteiger partial charge in [-0.3, -0.25) is 9.97 Å². The number of benzene rings is 13. The van der Waals surface area contributed by atoms with E-state index >= 15 is 0 Å². The van der Waals surface area contributed by atoms with Gasteiger partial charge in [0.2, 0.25) is 0 Å². The third kappa shape index (κ3) is 7.51. The Bertz CT molecular complexity index is 6560.